The molecule has 0 saturated heterocycles. The third kappa shape index (κ3) is 1.71. The lowest BCUT2D eigenvalue weighted by molar-refractivity contribution is 1.28. The van der Waals surface area contributed by atoms with Crippen molar-refractivity contribution in [3.05, 3.63) is 59.6 Å². The molecule has 0 N–H and O–H groups in total. The van der Waals surface area contributed by atoms with Crippen molar-refractivity contribution in [2.75, 3.05) is 0 Å². The zero-order valence-electron chi connectivity index (χ0n) is 11.0. The second-order valence-electron chi connectivity index (χ2n) is 4.78. The molecule has 3 aromatic heterocycles. The summed E-state index contributed by atoms with van der Waals surface area (Å²) in [4.78, 5) is 10.7. The summed E-state index contributed by atoms with van der Waals surface area (Å²) in [5.74, 6) is 0. The van der Waals surface area contributed by atoms with E-state index in [1.165, 1.54) is 4.88 Å². The fourth-order valence-corrected chi connectivity index (χ4v) is 3.23. The third-order valence-corrected chi connectivity index (χ3v) is 4.40. The van der Waals surface area contributed by atoms with Crippen LogP contribution in [0.3, 0.4) is 0 Å². The molecule has 4 aromatic rings. The fraction of sp³-hybridized carbons (Fsp3) is 0.0588. The van der Waals surface area contributed by atoms with Gasteiger partial charge in [0.2, 0.25) is 0 Å². The first kappa shape index (κ1) is 11.6. The summed E-state index contributed by atoms with van der Waals surface area (Å²) < 4.78 is 0. The highest BCUT2D eigenvalue weighted by Gasteiger charge is 2.08. The minimum absolute atomic E-state index is 1.01. The number of pyridine rings is 2. The Morgan fingerprint density at radius 1 is 0.850 bits per heavy atom. The third-order valence-electron chi connectivity index (χ3n) is 3.51. The van der Waals surface area contributed by atoms with Gasteiger partial charge in [-0.05, 0) is 36.6 Å². The second kappa shape index (κ2) is 4.39. The van der Waals surface area contributed by atoms with Crippen LogP contribution in [-0.2, 0) is 0 Å². The number of rotatable bonds is 1. The van der Waals surface area contributed by atoms with E-state index in [0.717, 1.165) is 33.2 Å². The topological polar surface area (TPSA) is 25.8 Å². The van der Waals surface area contributed by atoms with Crippen molar-refractivity contribution in [3.8, 4) is 10.6 Å². The fourth-order valence-electron chi connectivity index (χ4n) is 2.53. The van der Waals surface area contributed by atoms with Gasteiger partial charge < -0.3 is 0 Å². The largest absolute Gasteiger partial charge is 0.252 e. The average molecular weight is 276 g/mol. The van der Waals surface area contributed by atoms with Gasteiger partial charge in [-0.1, -0.05) is 24.3 Å². The van der Waals surface area contributed by atoms with Gasteiger partial charge in [-0.15, -0.1) is 11.3 Å². The van der Waals surface area contributed by atoms with Crippen LogP contribution in [0.15, 0.2) is 53.9 Å². The predicted octanol–water partition coefficient (Wildman–Crippen LogP) is 4.82. The Balaban J connectivity index is 2.12. The highest BCUT2D eigenvalue weighted by Crippen LogP contribution is 2.29. The van der Waals surface area contributed by atoms with Crippen molar-refractivity contribution < 1.29 is 0 Å². The number of nitrogens with zero attached hydrogens (tertiary/aromatic N) is 2. The normalized spacial score (nSPS) is 11.2. The molecule has 1 aromatic carbocycles. The summed E-state index contributed by atoms with van der Waals surface area (Å²) in [5, 5.41) is 4.33. The highest BCUT2D eigenvalue weighted by molar-refractivity contribution is 7.13. The zero-order valence-corrected chi connectivity index (χ0v) is 11.8. The number of para-hydroxylation sites is 1. The van der Waals surface area contributed by atoms with Crippen LogP contribution in [0.2, 0.25) is 0 Å². The Morgan fingerprint density at radius 2 is 1.75 bits per heavy atom. The summed E-state index contributed by atoms with van der Waals surface area (Å²) in [6, 6.07) is 16.6. The number of hydrogen-bond donors (Lipinski definition) is 0. The van der Waals surface area contributed by atoms with Gasteiger partial charge in [0, 0.05) is 16.5 Å². The Hall–Kier alpha value is -2.26. The zero-order chi connectivity index (χ0) is 13.5. The summed E-state index contributed by atoms with van der Waals surface area (Å²) in [6.45, 7) is 2.04. The summed E-state index contributed by atoms with van der Waals surface area (Å²) in [6.07, 6.45) is 0. The summed E-state index contributed by atoms with van der Waals surface area (Å²) in [5.41, 5.74) is 4.11. The van der Waals surface area contributed by atoms with Crippen molar-refractivity contribution in [1.82, 2.24) is 9.97 Å². The van der Waals surface area contributed by atoms with E-state index in [1.54, 1.807) is 11.3 Å². The maximum atomic E-state index is 4.88. The first-order chi connectivity index (χ1) is 9.83. The van der Waals surface area contributed by atoms with Crippen LogP contribution in [0.25, 0.3) is 32.4 Å². The molecule has 20 heavy (non-hydrogen) atoms. The maximum Gasteiger partial charge on any atom is 0.0822 e. The standard InChI is InChI=1S/C17H12N2S/c1-11-12-8-9-15(16-7-4-10-20-16)19-17(12)13-5-2-3-6-14(13)18-11/h2-10H,1H3. The smallest absolute Gasteiger partial charge is 0.0822 e. The van der Waals surface area contributed by atoms with E-state index in [2.05, 4.69) is 40.7 Å². The van der Waals surface area contributed by atoms with E-state index < -0.39 is 0 Å². The summed E-state index contributed by atoms with van der Waals surface area (Å²) >= 11 is 1.72. The van der Waals surface area contributed by atoms with Crippen molar-refractivity contribution >= 4 is 33.1 Å². The molecule has 0 amide bonds. The number of hydrogen-bond acceptors (Lipinski definition) is 3. The molecule has 0 aliphatic rings. The lowest BCUT2D eigenvalue weighted by atomic mass is 10.1. The number of benzene rings is 1. The quantitative estimate of drug-likeness (QED) is 0.466. The van der Waals surface area contributed by atoms with Crippen molar-refractivity contribution in [1.29, 1.82) is 0 Å². The second-order valence-corrected chi connectivity index (χ2v) is 5.73. The molecule has 0 aliphatic carbocycles. The van der Waals surface area contributed by atoms with Gasteiger partial charge in [0.25, 0.3) is 0 Å². The molecule has 0 spiro atoms. The van der Waals surface area contributed by atoms with Gasteiger partial charge in [-0.25, -0.2) is 4.98 Å². The number of aromatic nitrogens is 2. The SMILES string of the molecule is Cc1nc2ccccc2c2nc(-c3cccs3)ccc12. The lowest BCUT2D eigenvalue weighted by Gasteiger charge is -2.07. The molecule has 0 atom stereocenters. The molecule has 2 nitrogen and oxygen atoms in total. The van der Waals surface area contributed by atoms with Gasteiger partial charge in [-0.2, -0.15) is 0 Å². The van der Waals surface area contributed by atoms with Crippen molar-refractivity contribution in [2.45, 2.75) is 6.92 Å². The average Bonchev–Trinajstić information content (AvgIpc) is 3.01. The molecule has 96 valence electrons. The Bertz CT molecular complexity index is 911. The summed E-state index contributed by atoms with van der Waals surface area (Å²) in [7, 11) is 0. The van der Waals surface area contributed by atoms with E-state index in [-0.39, 0.29) is 0 Å². The molecule has 0 unspecified atom stereocenters. The monoisotopic (exact) mass is 276 g/mol. The maximum absolute atomic E-state index is 4.88. The minimum atomic E-state index is 1.01. The number of thiophene rings is 1. The molecule has 4 rings (SSSR count). The van der Waals surface area contributed by atoms with Gasteiger partial charge in [0.1, 0.15) is 0 Å². The van der Waals surface area contributed by atoms with Crippen LogP contribution in [0, 0.1) is 6.92 Å². The molecule has 0 aliphatic heterocycles. The molecular formula is C17H12N2S. The van der Waals surface area contributed by atoms with E-state index >= 15 is 0 Å². The van der Waals surface area contributed by atoms with Gasteiger partial charge in [0.05, 0.1) is 21.6 Å². The lowest BCUT2D eigenvalue weighted by Crippen LogP contribution is -1.91. The van der Waals surface area contributed by atoms with Gasteiger partial charge >= 0.3 is 0 Å². The Morgan fingerprint density at radius 3 is 2.60 bits per heavy atom. The molecule has 0 fully saturated rings. The molecule has 0 radical (unpaired) electrons. The first-order valence-corrected chi connectivity index (χ1v) is 7.41. The van der Waals surface area contributed by atoms with E-state index in [4.69, 9.17) is 4.98 Å². The van der Waals surface area contributed by atoms with E-state index in [1.807, 2.05) is 25.1 Å². The Kier molecular flexibility index (Phi) is 2.54. The molecular weight excluding hydrogens is 264 g/mol. The first-order valence-electron chi connectivity index (χ1n) is 6.53. The van der Waals surface area contributed by atoms with Crippen LogP contribution >= 0.6 is 11.3 Å². The number of aryl methyl sites for hydroxylation is 1. The van der Waals surface area contributed by atoms with Crippen LogP contribution < -0.4 is 0 Å². The molecule has 0 saturated carbocycles. The van der Waals surface area contributed by atoms with Gasteiger partial charge in [0.15, 0.2) is 0 Å². The molecule has 0 bridgehead atoms. The number of fused-ring (bicyclic) bond motifs is 3. The minimum Gasteiger partial charge on any atom is -0.252 e. The van der Waals surface area contributed by atoms with Crippen LogP contribution in [0.5, 0.6) is 0 Å². The van der Waals surface area contributed by atoms with Crippen LogP contribution in [0.4, 0.5) is 0 Å². The van der Waals surface area contributed by atoms with E-state index in [9.17, 15) is 0 Å². The van der Waals surface area contributed by atoms with E-state index in [0.29, 0.717) is 0 Å². The van der Waals surface area contributed by atoms with Crippen molar-refractivity contribution in [3.63, 3.8) is 0 Å². The predicted molar refractivity (Wildman–Crippen MR) is 85.1 cm³/mol. The van der Waals surface area contributed by atoms with Gasteiger partial charge in [-0.3, -0.25) is 4.98 Å². The molecule has 3 heteroatoms. The van der Waals surface area contributed by atoms with Crippen molar-refractivity contribution in [2.24, 2.45) is 0 Å². The van der Waals surface area contributed by atoms with Crippen LogP contribution in [0.1, 0.15) is 5.69 Å². The Labute approximate surface area is 120 Å². The van der Waals surface area contributed by atoms with Crippen LogP contribution in [-0.4, -0.2) is 9.97 Å². The highest BCUT2D eigenvalue weighted by atomic mass is 32.1. The molecule has 3 heterocycles.